The van der Waals surface area contributed by atoms with E-state index in [0.29, 0.717) is 6.61 Å². The first kappa shape index (κ1) is 16.7. The number of nitrogens with one attached hydrogen (secondary N) is 2. The highest BCUT2D eigenvalue weighted by atomic mass is 16.5. The highest BCUT2D eigenvalue weighted by Crippen LogP contribution is 2.52. The summed E-state index contributed by atoms with van der Waals surface area (Å²) in [6, 6.07) is 4.51. The van der Waals surface area contributed by atoms with Crippen molar-refractivity contribution in [1.29, 1.82) is 0 Å². The minimum absolute atomic E-state index is 0.0676. The Labute approximate surface area is 149 Å². The summed E-state index contributed by atoms with van der Waals surface area (Å²) in [6.07, 6.45) is 4.26. The number of carbonyl (C=O) groups is 1. The summed E-state index contributed by atoms with van der Waals surface area (Å²) < 4.78 is 11.8. The van der Waals surface area contributed by atoms with Crippen molar-refractivity contribution in [1.82, 2.24) is 10.6 Å². The lowest BCUT2D eigenvalue weighted by atomic mass is 10.0. The van der Waals surface area contributed by atoms with Gasteiger partial charge in [0.2, 0.25) is 5.91 Å². The maximum Gasteiger partial charge on any atom is 0.224 e. The summed E-state index contributed by atoms with van der Waals surface area (Å²) >= 11 is 0. The summed E-state index contributed by atoms with van der Waals surface area (Å²) in [5.41, 5.74) is 2.35. The van der Waals surface area contributed by atoms with Crippen LogP contribution in [-0.2, 0) is 11.2 Å². The highest BCUT2D eigenvalue weighted by Gasteiger charge is 2.46. The van der Waals surface area contributed by atoms with E-state index in [9.17, 15) is 4.79 Å². The number of rotatable bonds is 5. The predicted octanol–water partition coefficient (Wildman–Crippen LogP) is 2.38. The zero-order chi connectivity index (χ0) is 17.4. The molecule has 1 aromatic rings. The van der Waals surface area contributed by atoms with Crippen molar-refractivity contribution >= 4 is 5.91 Å². The molecule has 0 radical (unpaired) electrons. The predicted molar refractivity (Wildman–Crippen MR) is 96.3 cm³/mol. The molecule has 0 bridgehead atoms. The standard InChI is InChI=1S/C20H28N2O3/c1-3-24-19-8-13-7-12(2)25-18(13)10-16(19)15-9-17(15)20(23)22-14-5-4-6-21-11-14/h8,10,12,14-15,17,21H,3-7,9,11H2,1-2H3,(H,22,23)/t12?,14-,15?,17?/m0/s1. The van der Waals surface area contributed by atoms with E-state index in [1.165, 1.54) is 5.56 Å². The Morgan fingerprint density at radius 3 is 3.08 bits per heavy atom. The van der Waals surface area contributed by atoms with Gasteiger partial charge in [0.15, 0.2) is 0 Å². The van der Waals surface area contributed by atoms with Crippen LogP contribution in [0.1, 0.15) is 50.2 Å². The molecule has 4 atom stereocenters. The Kier molecular flexibility index (Phi) is 4.59. The second-order valence-electron chi connectivity index (χ2n) is 7.56. The Morgan fingerprint density at radius 2 is 2.32 bits per heavy atom. The molecule has 2 fully saturated rings. The number of carbonyl (C=O) groups excluding carboxylic acids is 1. The SMILES string of the molecule is CCOc1cc2c(cc1C1CC1C(=O)N[C@H]1CCCNC1)OC(C)C2. The Balaban J connectivity index is 1.47. The fourth-order valence-corrected chi connectivity index (χ4v) is 4.14. The normalized spacial score (nSPS) is 30.3. The third-order valence-electron chi connectivity index (χ3n) is 5.50. The largest absolute Gasteiger partial charge is 0.494 e. The van der Waals surface area contributed by atoms with Crippen LogP contribution >= 0.6 is 0 Å². The molecule has 1 amide bonds. The lowest BCUT2D eigenvalue weighted by Gasteiger charge is -2.24. The number of hydrogen-bond donors (Lipinski definition) is 2. The Morgan fingerprint density at radius 1 is 1.44 bits per heavy atom. The number of hydrogen-bond acceptors (Lipinski definition) is 4. The van der Waals surface area contributed by atoms with Crippen molar-refractivity contribution in [2.24, 2.45) is 5.92 Å². The molecule has 136 valence electrons. The van der Waals surface area contributed by atoms with E-state index in [2.05, 4.69) is 29.7 Å². The molecule has 2 N–H and O–H groups in total. The van der Waals surface area contributed by atoms with Crippen molar-refractivity contribution in [3.63, 3.8) is 0 Å². The van der Waals surface area contributed by atoms with Gasteiger partial charge in [0, 0.05) is 42.0 Å². The number of benzene rings is 1. The van der Waals surface area contributed by atoms with Gasteiger partial charge < -0.3 is 20.1 Å². The molecule has 5 heteroatoms. The van der Waals surface area contributed by atoms with Crippen molar-refractivity contribution < 1.29 is 14.3 Å². The molecule has 1 saturated heterocycles. The van der Waals surface area contributed by atoms with Crippen molar-refractivity contribution in [3.8, 4) is 11.5 Å². The van der Waals surface area contributed by atoms with Gasteiger partial charge in [0.05, 0.1) is 6.61 Å². The summed E-state index contributed by atoms with van der Waals surface area (Å²) in [4.78, 5) is 12.6. The monoisotopic (exact) mass is 344 g/mol. The third-order valence-corrected chi connectivity index (χ3v) is 5.50. The van der Waals surface area contributed by atoms with Crippen LogP contribution in [0.15, 0.2) is 12.1 Å². The van der Waals surface area contributed by atoms with Crippen LogP contribution in [0, 0.1) is 5.92 Å². The second kappa shape index (κ2) is 6.87. The molecule has 3 unspecified atom stereocenters. The van der Waals surface area contributed by atoms with Gasteiger partial charge in [-0.15, -0.1) is 0 Å². The molecule has 3 aliphatic rings. The molecule has 4 rings (SSSR count). The molecule has 0 spiro atoms. The lowest BCUT2D eigenvalue weighted by molar-refractivity contribution is -0.123. The van der Waals surface area contributed by atoms with Gasteiger partial charge >= 0.3 is 0 Å². The molecule has 2 heterocycles. The summed E-state index contributed by atoms with van der Waals surface area (Å²) in [6.45, 7) is 6.68. The number of ether oxygens (including phenoxy) is 2. The quantitative estimate of drug-likeness (QED) is 0.861. The Hall–Kier alpha value is -1.75. The molecule has 1 saturated carbocycles. The van der Waals surface area contributed by atoms with E-state index in [1.54, 1.807) is 0 Å². The second-order valence-corrected chi connectivity index (χ2v) is 7.56. The molecular formula is C20H28N2O3. The molecule has 1 aromatic carbocycles. The average molecular weight is 344 g/mol. The van der Waals surface area contributed by atoms with E-state index in [-0.39, 0.29) is 29.9 Å². The van der Waals surface area contributed by atoms with Crippen molar-refractivity contribution in [2.75, 3.05) is 19.7 Å². The van der Waals surface area contributed by atoms with Crippen LogP contribution in [0.4, 0.5) is 0 Å². The smallest absolute Gasteiger partial charge is 0.224 e. The van der Waals surface area contributed by atoms with Crippen LogP contribution in [0.2, 0.25) is 0 Å². The van der Waals surface area contributed by atoms with Crippen LogP contribution < -0.4 is 20.1 Å². The van der Waals surface area contributed by atoms with Gasteiger partial charge in [-0.1, -0.05) is 0 Å². The fourth-order valence-electron chi connectivity index (χ4n) is 4.14. The van der Waals surface area contributed by atoms with Crippen molar-refractivity contribution in [2.45, 2.75) is 57.6 Å². The lowest BCUT2D eigenvalue weighted by Crippen LogP contribution is -2.46. The highest BCUT2D eigenvalue weighted by molar-refractivity contribution is 5.83. The van der Waals surface area contributed by atoms with Gasteiger partial charge in [-0.3, -0.25) is 4.79 Å². The van der Waals surface area contributed by atoms with Crippen LogP contribution in [0.25, 0.3) is 0 Å². The summed E-state index contributed by atoms with van der Waals surface area (Å²) in [5, 5.41) is 6.57. The van der Waals surface area contributed by atoms with Crippen LogP contribution in [-0.4, -0.2) is 37.7 Å². The van der Waals surface area contributed by atoms with Gasteiger partial charge in [-0.2, -0.15) is 0 Å². The van der Waals surface area contributed by atoms with Crippen molar-refractivity contribution in [3.05, 3.63) is 23.3 Å². The topological polar surface area (TPSA) is 59.6 Å². The summed E-state index contributed by atoms with van der Waals surface area (Å²) in [5.74, 6) is 2.41. The van der Waals surface area contributed by atoms with E-state index >= 15 is 0 Å². The number of fused-ring (bicyclic) bond motifs is 1. The fraction of sp³-hybridized carbons (Fsp3) is 0.650. The van der Waals surface area contributed by atoms with E-state index in [0.717, 1.165) is 55.8 Å². The first-order valence-electron chi connectivity index (χ1n) is 9.63. The number of piperidine rings is 1. The van der Waals surface area contributed by atoms with E-state index in [4.69, 9.17) is 9.47 Å². The van der Waals surface area contributed by atoms with Crippen LogP contribution in [0.5, 0.6) is 11.5 Å². The van der Waals surface area contributed by atoms with E-state index < -0.39 is 0 Å². The first-order chi connectivity index (χ1) is 12.2. The minimum Gasteiger partial charge on any atom is -0.494 e. The van der Waals surface area contributed by atoms with Gasteiger partial charge in [0.25, 0.3) is 0 Å². The zero-order valence-corrected chi connectivity index (χ0v) is 15.1. The third kappa shape index (κ3) is 3.47. The van der Waals surface area contributed by atoms with E-state index in [1.807, 2.05) is 6.92 Å². The van der Waals surface area contributed by atoms with Gasteiger partial charge in [-0.05, 0) is 51.8 Å². The molecular weight excluding hydrogens is 316 g/mol. The summed E-state index contributed by atoms with van der Waals surface area (Å²) in [7, 11) is 0. The zero-order valence-electron chi connectivity index (χ0n) is 15.1. The molecule has 2 aliphatic heterocycles. The number of amides is 1. The molecule has 5 nitrogen and oxygen atoms in total. The molecule has 0 aromatic heterocycles. The van der Waals surface area contributed by atoms with Gasteiger partial charge in [0.1, 0.15) is 17.6 Å². The van der Waals surface area contributed by atoms with Gasteiger partial charge in [-0.25, -0.2) is 0 Å². The molecule has 25 heavy (non-hydrogen) atoms. The Bertz CT molecular complexity index is 655. The average Bonchev–Trinajstić information content (AvgIpc) is 3.31. The van der Waals surface area contributed by atoms with Crippen LogP contribution in [0.3, 0.4) is 0 Å². The minimum atomic E-state index is 0.0676. The maximum atomic E-state index is 12.6. The maximum absolute atomic E-state index is 12.6. The first-order valence-corrected chi connectivity index (χ1v) is 9.63. The molecule has 1 aliphatic carbocycles.